The predicted molar refractivity (Wildman–Crippen MR) is 104 cm³/mol. The molecule has 1 amide bonds. The maximum Gasteiger partial charge on any atom is 0.522 e. The van der Waals surface area contributed by atoms with Crippen molar-refractivity contribution >= 4 is 17.5 Å². The molecule has 1 aliphatic carbocycles. The molecule has 180 valence electrons. The Labute approximate surface area is 190 Å². The number of carbonyl (C=O) groups is 1. The van der Waals surface area contributed by atoms with Crippen molar-refractivity contribution in [1.29, 1.82) is 0 Å². The van der Waals surface area contributed by atoms with E-state index in [-0.39, 0.29) is 60.6 Å². The summed E-state index contributed by atoms with van der Waals surface area (Å²) < 4.78 is 70.8. The van der Waals surface area contributed by atoms with Crippen LogP contribution in [0.25, 0.3) is 0 Å². The number of hydrogen-bond donors (Lipinski definition) is 1. The molecule has 2 atom stereocenters. The van der Waals surface area contributed by atoms with Crippen LogP contribution < -0.4 is 10.1 Å². The van der Waals surface area contributed by atoms with Crippen LogP contribution in [0.3, 0.4) is 0 Å². The summed E-state index contributed by atoms with van der Waals surface area (Å²) in [5.74, 6) is -0.946. The molecule has 2 fully saturated rings. The number of alkyl halides is 3. The number of halogens is 5. The summed E-state index contributed by atoms with van der Waals surface area (Å²) in [6.45, 7) is -0.180. The second kappa shape index (κ2) is 9.82. The van der Waals surface area contributed by atoms with E-state index in [1.807, 2.05) is 0 Å². The van der Waals surface area contributed by atoms with Crippen LogP contribution in [0.5, 0.6) is 5.75 Å². The number of aromatic nitrogens is 2. The molecule has 8 nitrogen and oxygen atoms in total. The largest absolute Gasteiger partial charge is 0.522 e. The van der Waals surface area contributed by atoms with Gasteiger partial charge in [0.2, 0.25) is 11.8 Å². The first-order valence-corrected chi connectivity index (χ1v) is 10.6. The van der Waals surface area contributed by atoms with Crippen LogP contribution in [0.15, 0.2) is 22.6 Å². The van der Waals surface area contributed by atoms with Crippen LogP contribution in [0.2, 0.25) is 5.02 Å². The van der Waals surface area contributed by atoms with E-state index in [4.69, 9.17) is 25.5 Å². The second-order valence-electron chi connectivity index (χ2n) is 7.86. The Morgan fingerprint density at radius 3 is 2.64 bits per heavy atom. The monoisotopic (exact) mass is 493 g/mol. The first kappa shape index (κ1) is 23.7. The number of nitrogens with one attached hydrogen (secondary N) is 1. The molecule has 2 aliphatic rings. The fourth-order valence-electron chi connectivity index (χ4n) is 3.66. The highest BCUT2D eigenvalue weighted by Crippen LogP contribution is 2.41. The van der Waals surface area contributed by atoms with Crippen molar-refractivity contribution in [2.45, 2.75) is 56.2 Å². The third-order valence-electron chi connectivity index (χ3n) is 5.37. The zero-order valence-corrected chi connectivity index (χ0v) is 17.9. The number of rotatable bonds is 7. The number of hydrogen-bond acceptors (Lipinski definition) is 7. The van der Waals surface area contributed by atoms with Crippen molar-refractivity contribution < 1.29 is 41.0 Å². The number of carbonyl (C=O) groups excluding carboxylic acids is 1. The first-order chi connectivity index (χ1) is 15.7. The topological polar surface area (TPSA) is 95.7 Å². The van der Waals surface area contributed by atoms with Crippen LogP contribution in [0.1, 0.15) is 49.5 Å². The van der Waals surface area contributed by atoms with E-state index in [0.717, 1.165) is 6.07 Å². The third kappa shape index (κ3) is 6.33. The molecule has 0 bridgehead atoms. The van der Waals surface area contributed by atoms with Gasteiger partial charge in [0.1, 0.15) is 6.10 Å². The number of benzene rings is 1. The van der Waals surface area contributed by atoms with E-state index < -0.39 is 30.3 Å². The average molecular weight is 494 g/mol. The van der Waals surface area contributed by atoms with Gasteiger partial charge < -0.3 is 19.2 Å². The van der Waals surface area contributed by atoms with Gasteiger partial charge in [-0.2, -0.15) is 0 Å². The van der Waals surface area contributed by atoms with Crippen LogP contribution >= 0.6 is 11.6 Å². The van der Waals surface area contributed by atoms with Gasteiger partial charge in [-0.25, -0.2) is 4.39 Å². The minimum Gasteiger partial charge on any atom is -0.481 e. The van der Waals surface area contributed by atoms with E-state index in [2.05, 4.69) is 20.3 Å². The zero-order valence-electron chi connectivity index (χ0n) is 17.1. The lowest BCUT2D eigenvalue weighted by Crippen LogP contribution is -2.43. The van der Waals surface area contributed by atoms with Crippen molar-refractivity contribution in [1.82, 2.24) is 15.5 Å². The van der Waals surface area contributed by atoms with E-state index in [1.165, 1.54) is 12.1 Å². The summed E-state index contributed by atoms with van der Waals surface area (Å²) in [6, 6.07) is 3.61. The average Bonchev–Trinajstić information content (AvgIpc) is 3.19. The molecule has 2 aromatic rings. The van der Waals surface area contributed by atoms with E-state index in [0.29, 0.717) is 12.8 Å². The summed E-state index contributed by atoms with van der Waals surface area (Å²) in [4.78, 5) is 12.1. The summed E-state index contributed by atoms with van der Waals surface area (Å²) in [5.41, 5.74) is 0. The minimum atomic E-state index is -4.66. The van der Waals surface area contributed by atoms with Crippen molar-refractivity contribution in [2.24, 2.45) is 0 Å². The Morgan fingerprint density at radius 1 is 1.21 bits per heavy atom. The lowest BCUT2D eigenvalue weighted by molar-refractivity contribution is -0.352. The number of nitrogens with zero attached hydrogens (tertiary/aromatic N) is 2. The van der Waals surface area contributed by atoms with Gasteiger partial charge in [0.15, 0.2) is 18.2 Å². The molecule has 0 spiro atoms. The van der Waals surface area contributed by atoms with Crippen LogP contribution in [0, 0.1) is 5.82 Å². The molecular weight excluding hydrogens is 474 g/mol. The van der Waals surface area contributed by atoms with Gasteiger partial charge in [0, 0.05) is 10.9 Å². The lowest BCUT2D eigenvalue weighted by Gasteiger charge is -2.33. The molecule has 1 aromatic heterocycles. The molecule has 0 unspecified atom stereocenters. The molecule has 1 saturated heterocycles. The Hall–Kier alpha value is -2.44. The zero-order chi connectivity index (χ0) is 23.6. The van der Waals surface area contributed by atoms with E-state index in [9.17, 15) is 22.4 Å². The summed E-state index contributed by atoms with van der Waals surface area (Å²) in [7, 11) is 0. The Bertz CT molecular complexity index is 975. The Kier molecular flexibility index (Phi) is 7.05. The maximum absolute atomic E-state index is 13.7. The van der Waals surface area contributed by atoms with Crippen LogP contribution in [0.4, 0.5) is 17.6 Å². The van der Waals surface area contributed by atoms with Crippen LogP contribution in [-0.2, 0) is 14.3 Å². The fraction of sp³-hybridized carbons (Fsp3) is 0.550. The maximum atomic E-state index is 13.7. The van der Waals surface area contributed by atoms with Crippen molar-refractivity contribution in [3.05, 3.63) is 40.8 Å². The minimum absolute atomic E-state index is 0.0792. The second-order valence-corrected chi connectivity index (χ2v) is 8.30. The van der Waals surface area contributed by atoms with Crippen molar-refractivity contribution in [2.75, 3.05) is 13.2 Å². The first-order valence-electron chi connectivity index (χ1n) is 10.2. The normalized spacial score (nSPS) is 25.4. The molecule has 0 radical (unpaired) electrons. The molecule has 1 saturated carbocycles. The van der Waals surface area contributed by atoms with Crippen molar-refractivity contribution in [3.63, 3.8) is 0 Å². The van der Waals surface area contributed by atoms with Gasteiger partial charge in [0.25, 0.3) is 5.91 Å². The standard InChI is InChI=1S/C20H20ClF4N3O5/c21-11-1-3-15(14(22)7-11)31-9-17(29)26-12-2-4-16(30-8-12)19-28-27-18(32-19)10-5-13(6-10)33-20(23,24)25/h1,3,7,10,12-13,16H,2,4-6,8-9H2,(H,26,29)/t10?,12-,13?,16+/m0/s1. The molecule has 1 aromatic carbocycles. The highest BCUT2D eigenvalue weighted by Gasteiger charge is 2.42. The fourth-order valence-corrected chi connectivity index (χ4v) is 3.82. The molecule has 13 heteroatoms. The predicted octanol–water partition coefficient (Wildman–Crippen LogP) is 4.06. The molecule has 1 N–H and O–H groups in total. The molecule has 4 rings (SSSR count). The van der Waals surface area contributed by atoms with E-state index >= 15 is 0 Å². The quantitative estimate of drug-likeness (QED) is 0.581. The highest BCUT2D eigenvalue weighted by atomic mass is 35.5. The Balaban J connectivity index is 1.18. The van der Waals surface area contributed by atoms with Crippen molar-refractivity contribution in [3.8, 4) is 5.75 Å². The third-order valence-corrected chi connectivity index (χ3v) is 5.60. The van der Waals surface area contributed by atoms with Gasteiger partial charge in [-0.05, 0) is 43.9 Å². The lowest BCUT2D eigenvalue weighted by atomic mass is 9.82. The molecular formula is C20H20ClF4N3O5. The summed E-state index contributed by atoms with van der Waals surface area (Å²) in [6.07, 6.45) is -4.67. The number of ether oxygens (including phenoxy) is 3. The summed E-state index contributed by atoms with van der Waals surface area (Å²) in [5, 5.41) is 10.8. The van der Waals surface area contributed by atoms with Gasteiger partial charge in [-0.3, -0.25) is 9.53 Å². The van der Waals surface area contributed by atoms with Crippen LogP contribution in [-0.4, -0.2) is 47.8 Å². The highest BCUT2D eigenvalue weighted by molar-refractivity contribution is 6.30. The van der Waals surface area contributed by atoms with E-state index in [1.54, 1.807) is 0 Å². The van der Waals surface area contributed by atoms with Gasteiger partial charge in [-0.15, -0.1) is 23.4 Å². The number of amides is 1. The molecule has 33 heavy (non-hydrogen) atoms. The molecule has 1 aliphatic heterocycles. The summed E-state index contributed by atoms with van der Waals surface area (Å²) >= 11 is 5.67. The van der Waals surface area contributed by atoms with Gasteiger partial charge >= 0.3 is 6.36 Å². The molecule has 2 heterocycles. The smallest absolute Gasteiger partial charge is 0.481 e. The van der Waals surface area contributed by atoms with Gasteiger partial charge in [0.05, 0.1) is 18.8 Å². The Morgan fingerprint density at radius 2 is 1.97 bits per heavy atom. The van der Waals surface area contributed by atoms with Gasteiger partial charge in [-0.1, -0.05) is 11.6 Å². The SMILES string of the molecule is O=C(COc1ccc(Cl)cc1F)N[C@H]1CC[C@H](c2nnc(C3CC(OC(F)(F)F)C3)o2)OC1.